The fraction of sp³-hybridized carbons (Fsp3) is 0.538. The molecule has 0 amide bonds. The molecule has 1 aromatic rings. The van der Waals surface area contributed by atoms with Crippen LogP contribution in [0, 0.1) is 13.8 Å². The number of aryl methyl sites for hydroxylation is 2. The second-order valence-electron chi connectivity index (χ2n) is 4.61. The van der Waals surface area contributed by atoms with Gasteiger partial charge in [0.1, 0.15) is 0 Å². The fourth-order valence-corrected chi connectivity index (χ4v) is 2.38. The van der Waals surface area contributed by atoms with Gasteiger partial charge in [0.05, 0.1) is 0 Å². The summed E-state index contributed by atoms with van der Waals surface area (Å²) < 4.78 is 0. The van der Waals surface area contributed by atoms with Gasteiger partial charge in [-0.3, -0.25) is 0 Å². The van der Waals surface area contributed by atoms with Gasteiger partial charge in [-0.2, -0.15) is 0 Å². The molecule has 1 fully saturated rings. The van der Waals surface area contributed by atoms with E-state index in [1.165, 1.54) is 36.1 Å². The second kappa shape index (κ2) is 4.23. The smallest absolute Gasteiger partial charge is 0.0373 e. The van der Waals surface area contributed by atoms with E-state index in [9.17, 15) is 0 Å². The van der Waals surface area contributed by atoms with Crippen molar-refractivity contribution < 1.29 is 0 Å². The lowest BCUT2D eigenvalue weighted by molar-refractivity contribution is 0.461. The molecule has 2 heteroatoms. The van der Waals surface area contributed by atoms with E-state index in [0.29, 0.717) is 5.92 Å². The molecule has 82 valence electrons. The van der Waals surface area contributed by atoms with Crippen LogP contribution in [0.4, 0.5) is 5.69 Å². The number of piperidine rings is 1. The highest BCUT2D eigenvalue weighted by atomic mass is 14.9. The summed E-state index contributed by atoms with van der Waals surface area (Å²) in [6.45, 7) is 6.48. The number of nitrogens with one attached hydrogen (secondary N) is 1. The minimum atomic E-state index is 0.678. The van der Waals surface area contributed by atoms with Crippen molar-refractivity contribution in [2.75, 3.05) is 18.8 Å². The van der Waals surface area contributed by atoms with Gasteiger partial charge in [0.25, 0.3) is 0 Å². The maximum Gasteiger partial charge on any atom is 0.0373 e. The van der Waals surface area contributed by atoms with Crippen molar-refractivity contribution in [2.45, 2.75) is 32.6 Å². The van der Waals surface area contributed by atoms with Gasteiger partial charge in [-0.1, -0.05) is 12.1 Å². The zero-order valence-electron chi connectivity index (χ0n) is 9.64. The van der Waals surface area contributed by atoms with Crippen molar-refractivity contribution in [1.82, 2.24) is 5.32 Å². The van der Waals surface area contributed by atoms with Crippen molar-refractivity contribution in [3.05, 3.63) is 28.8 Å². The van der Waals surface area contributed by atoms with Crippen LogP contribution in [0.2, 0.25) is 0 Å². The Kier molecular flexibility index (Phi) is 2.96. The third kappa shape index (κ3) is 2.15. The summed E-state index contributed by atoms with van der Waals surface area (Å²) in [6, 6.07) is 4.50. The second-order valence-corrected chi connectivity index (χ2v) is 4.61. The number of hydrogen-bond acceptors (Lipinski definition) is 2. The Morgan fingerprint density at radius 3 is 2.47 bits per heavy atom. The molecule has 2 nitrogen and oxygen atoms in total. The quantitative estimate of drug-likeness (QED) is 0.689. The van der Waals surface area contributed by atoms with Gasteiger partial charge in [-0.25, -0.2) is 0 Å². The van der Waals surface area contributed by atoms with E-state index in [4.69, 9.17) is 5.73 Å². The Morgan fingerprint density at radius 2 is 1.93 bits per heavy atom. The minimum Gasteiger partial charge on any atom is -0.398 e. The number of anilines is 1. The first-order valence-corrected chi connectivity index (χ1v) is 5.76. The van der Waals surface area contributed by atoms with E-state index in [1.807, 2.05) is 0 Å². The fourth-order valence-electron chi connectivity index (χ4n) is 2.38. The Bertz CT molecular complexity index is 329. The van der Waals surface area contributed by atoms with Crippen LogP contribution < -0.4 is 11.1 Å². The molecule has 1 unspecified atom stereocenters. The van der Waals surface area contributed by atoms with Gasteiger partial charge in [0.15, 0.2) is 0 Å². The van der Waals surface area contributed by atoms with Gasteiger partial charge < -0.3 is 11.1 Å². The zero-order valence-corrected chi connectivity index (χ0v) is 9.64. The predicted octanol–water partition coefficient (Wildman–Crippen LogP) is 2.35. The summed E-state index contributed by atoms with van der Waals surface area (Å²) in [5.41, 5.74) is 10.8. The van der Waals surface area contributed by atoms with E-state index in [1.54, 1.807) is 0 Å². The number of benzene rings is 1. The maximum atomic E-state index is 5.96. The lowest BCUT2D eigenvalue weighted by Gasteiger charge is -2.24. The van der Waals surface area contributed by atoms with E-state index in [2.05, 4.69) is 31.3 Å². The Morgan fingerprint density at radius 1 is 1.27 bits per heavy atom. The van der Waals surface area contributed by atoms with Crippen LogP contribution in [0.15, 0.2) is 12.1 Å². The molecule has 0 radical (unpaired) electrons. The first-order chi connectivity index (χ1) is 7.18. The standard InChI is InChI=1S/C13H20N2/c1-9-6-12(7-10(2)13(9)14)11-4-3-5-15-8-11/h6-7,11,15H,3-5,8,14H2,1-2H3. The topological polar surface area (TPSA) is 38.0 Å². The van der Waals surface area contributed by atoms with Crippen molar-refractivity contribution in [2.24, 2.45) is 0 Å². The Hall–Kier alpha value is -1.02. The largest absolute Gasteiger partial charge is 0.398 e. The first kappa shape index (κ1) is 10.5. The van der Waals surface area contributed by atoms with Crippen LogP contribution in [0.3, 0.4) is 0 Å². The van der Waals surface area contributed by atoms with Gasteiger partial charge >= 0.3 is 0 Å². The van der Waals surface area contributed by atoms with Crippen LogP contribution >= 0.6 is 0 Å². The predicted molar refractivity (Wildman–Crippen MR) is 65.2 cm³/mol. The normalized spacial score (nSPS) is 21.6. The molecule has 2 rings (SSSR count). The van der Waals surface area contributed by atoms with Gasteiger partial charge in [0.2, 0.25) is 0 Å². The molecule has 1 aliphatic rings. The van der Waals surface area contributed by atoms with Crippen molar-refractivity contribution >= 4 is 5.69 Å². The minimum absolute atomic E-state index is 0.678. The third-order valence-corrected chi connectivity index (χ3v) is 3.38. The average Bonchev–Trinajstić information content (AvgIpc) is 2.26. The molecule has 0 spiro atoms. The molecule has 15 heavy (non-hydrogen) atoms. The summed E-state index contributed by atoms with van der Waals surface area (Å²) in [5, 5.41) is 3.46. The molecule has 1 heterocycles. The zero-order chi connectivity index (χ0) is 10.8. The van der Waals surface area contributed by atoms with Crippen LogP contribution in [0.25, 0.3) is 0 Å². The third-order valence-electron chi connectivity index (χ3n) is 3.38. The summed E-state index contributed by atoms with van der Waals surface area (Å²) in [4.78, 5) is 0. The van der Waals surface area contributed by atoms with Crippen LogP contribution in [-0.4, -0.2) is 13.1 Å². The van der Waals surface area contributed by atoms with Crippen LogP contribution in [-0.2, 0) is 0 Å². The lowest BCUT2D eigenvalue weighted by atomic mass is 9.89. The lowest BCUT2D eigenvalue weighted by Crippen LogP contribution is -2.28. The maximum absolute atomic E-state index is 5.96. The molecule has 0 saturated carbocycles. The summed E-state index contributed by atoms with van der Waals surface area (Å²) >= 11 is 0. The highest BCUT2D eigenvalue weighted by molar-refractivity contribution is 5.55. The van der Waals surface area contributed by atoms with Gasteiger partial charge in [-0.05, 0) is 55.8 Å². The monoisotopic (exact) mass is 204 g/mol. The van der Waals surface area contributed by atoms with E-state index < -0.39 is 0 Å². The first-order valence-electron chi connectivity index (χ1n) is 5.76. The number of rotatable bonds is 1. The molecular formula is C13H20N2. The van der Waals surface area contributed by atoms with Crippen molar-refractivity contribution in [3.63, 3.8) is 0 Å². The molecular weight excluding hydrogens is 184 g/mol. The van der Waals surface area contributed by atoms with Crippen LogP contribution in [0.5, 0.6) is 0 Å². The summed E-state index contributed by atoms with van der Waals surface area (Å²) in [6.07, 6.45) is 2.59. The molecule has 3 N–H and O–H groups in total. The highest BCUT2D eigenvalue weighted by Gasteiger charge is 2.16. The molecule has 0 aliphatic carbocycles. The van der Waals surface area contributed by atoms with E-state index in [0.717, 1.165) is 12.2 Å². The summed E-state index contributed by atoms with van der Waals surface area (Å²) in [5.74, 6) is 0.678. The highest BCUT2D eigenvalue weighted by Crippen LogP contribution is 2.27. The van der Waals surface area contributed by atoms with Crippen molar-refractivity contribution in [1.29, 1.82) is 0 Å². The van der Waals surface area contributed by atoms with Crippen molar-refractivity contribution in [3.8, 4) is 0 Å². The summed E-state index contributed by atoms with van der Waals surface area (Å²) in [7, 11) is 0. The molecule has 1 aliphatic heterocycles. The molecule has 0 aromatic heterocycles. The van der Waals surface area contributed by atoms with E-state index >= 15 is 0 Å². The molecule has 1 aromatic carbocycles. The van der Waals surface area contributed by atoms with Gasteiger partial charge in [-0.15, -0.1) is 0 Å². The molecule has 1 saturated heterocycles. The number of hydrogen-bond donors (Lipinski definition) is 2. The average molecular weight is 204 g/mol. The number of nitrogen functional groups attached to an aromatic ring is 1. The Balaban J connectivity index is 2.27. The molecule has 0 bridgehead atoms. The Labute approximate surface area is 91.9 Å². The van der Waals surface area contributed by atoms with E-state index in [-0.39, 0.29) is 0 Å². The number of nitrogens with two attached hydrogens (primary N) is 1. The van der Waals surface area contributed by atoms with Crippen LogP contribution in [0.1, 0.15) is 35.4 Å². The van der Waals surface area contributed by atoms with Gasteiger partial charge in [0, 0.05) is 12.2 Å². The molecule has 1 atom stereocenters. The SMILES string of the molecule is Cc1cc(C2CCCNC2)cc(C)c1N.